The van der Waals surface area contributed by atoms with Gasteiger partial charge >= 0.3 is 6.61 Å². The number of nitrogens with zero attached hydrogens (tertiary/aromatic N) is 1. The highest BCUT2D eigenvalue weighted by molar-refractivity contribution is 5.99. The summed E-state index contributed by atoms with van der Waals surface area (Å²) >= 11 is 0. The van der Waals surface area contributed by atoms with Gasteiger partial charge < -0.3 is 9.72 Å². The summed E-state index contributed by atoms with van der Waals surface area (Å²) < 4.78 is 28.7. The molecule has 1 aromatic heterocycles. The van der Waals surface area contributed by atoms with Crippen LogP contribution in [-0.4, -0.2) is 22.4 Å². The van der Waals surface area contributed by atoms with E-state index < -0.39 is 6.61 Å². The van der Waals surface area contributed by atoms with E-state index in [0.29, 0.717) is 5.82 Å². The van der Waals surface area contributed by atoms with Gasteiger partial charge in [-0.2, -0.15) is 8.78 Å². The molecule has 0 unspecified atom stereocenters. The van der Waals surface area contributed by atoms with E-state index in [1.54, 1.807) is 12.3 Å². The van der Waals surface area contributed by atoms with Crippen LogP contribution >= 0.6 is 0 Å². The van der Waals surface area contributed by atoms with Gasteiger partial charge in [-0.25, -0.2) is 4.98 Å². The molecule has 0 radical (unpaired) electrons. The molecule has 0 aliphatic heterocycles. The van der Waals surface area contributed by atoms with Gasteiger partial charge in [0.25, 0.3) is 0 Å². The first-order valence-electron chi connectivity index (χ1n) is 5.22. The molecule has 0 saturated heterocycles. The first-order valence-corrected chi connectivity index (χ1v) is 5.22. The third kappa shape index (κ3) is 2.91. The van der Waals surface area contributed by atoms with Gasteiger partial charge in [0, 0.05) is 12.4 Å². The zero-order valence-corrected chi connectivity index (χ0v) is 9.27. The minimum atomic E-state index is -2.96. The number of carbonyl (C=O) groups excluding carboxylic acids is 1. The lowest BCUT2D eigenvalue weighted by Gasteiger charge is -2.08. The van der Waals surface area contributed by atoms with Crippen LogP contribution in [0.15, 0.2) is 36.7 Å². The Balaban J connectivity index is 2.19. The number of hydrogen-bond donors (Lipinski definition) is 1. The number of para-hydroxylation sites is 1. The number of hydrogen-bond acceptors (Lipinski definition) is 3. The van der Waals surface area contributed by atoms with Crippen molar-refractivity contribution in [3.63, 3.8) is 0 Å². The first-order chi connectivity index (χ1) is 8.66. The van der Waals surface area contributed by atoms with E-state index in [1.165, 1.54) is 24.4 Å². The Morgan fingerprint density at radius 3 is 2.83 bits per heavy atom. The van der Waals surface area contributed by atoms with Crippen molar-refractivity contribution in [2.24, 2.45) is 0 Å². The number of nitrogens with one attached hydrogen (secondary N) is 1. The summed E-state index contributed by atoms with van der Waals surface area (Å²) in [4.78, 5) is 18.6. The Morgan fingerprint density at radius 2 is 2.17 bits per heavy atom. The molecule has 0 saturated carbocycles. The molecule has 0 spiro atoms. The van der Waals surface area contributed by atoms with Crippen molar-refractivity contribution in [1.29, 1.82) is 0 Å². The lowest BCUT2D eigenvalue weighted by atomic mass is 10.1. The summed E-state index contributed by atoms with van der Waals surface area (Å²) in [6.45, 7) is -2.96. The average Bonchev–Trinajstić information content (AvgIpc) is 2.81. The van der Waals surface area contributed by atoms with Crippen LogP contribution in [-0.2, 0) is 6.42 Å². The van der Waals surface area contributed by atoms with E-state index in [4.69, 9.17) is 0 Å². The number of ketones is 1. The summed E-state index contributed by atoms with van der Waals surface area (Å²) in [7, 11) is 0. The number of rotatable bonds is 5. The normalized spacial score (nSPS) is 10.6. The molecule has 18 heavy (non-hydrogen) atoms. The summed E-state index contributed by atoms with van der Waals surface area (Å²) in [5, 5.41) is 0. The maximum Gasteiger partial charge on any atom is 0.387 e. The summed E-state index contributed by atoms with van der Waals surface area (Å²) in [5.74, 6) is 0.0251. The molecule has 94 valence electrons. The number of aromatic amines is 1. The molecule has 2 rings (SSSR count). The fraction of sp³-hybridized carbons (Fsp3) is 0.167. The molecule has 0 aliphatic rings. The highest BCUT2D eigenvalue weighted by atomic mass is 19.3. The van der Waals surface area contributed by atoms with E-state index in [9.17, 15) is 13.6 Å². The monoisotopic (exact) mass is 252 g/mol. The van der Waals surface area contributed by atoms with Gasteiger partial charge in [0.2, 0.25) is 0 Å². The van der Waals surface area contributed by atoms with Crippen LogP contribution in [0.5, 0.6) is 5.75 Å². The lowest BCUT2D eigenvalue weighted by Crippen LogP contribution is -2.10. The van der Waals surface area contributed by atoms with Crippen LogP contribution < -0.4 is 4.74 Å². The van der Waals surface area contributed by atoms with Crippen LogP contribution in [0.3, 0.4) is 0 Å². The highest BCUT2D eigenvalue weighted by Gasteiger charge is 2.16. The molecule has 0 aliphatic carbocycles. The Hall–Kier alpha value is -2.24. The summed E-state index contributed by atoms with van der Waals surface area (Å²) in [6.07, 6.45) is 3.12. The van der Waals surface area contributed by atoms with Crippen LogP contribution in [0.4, 0.5) is 8.78 Å². The van der Waals surface area contributed by atoms with Crippen molar-refractivity contribution in [2.75, 3.05) is 0 Å². The summed E-state index contributed by atoms with van der Waals surface area (Å²) in [6, 6.07) is 5.90. The van der Waals surface area contributed by atoms with Gasteiger partial charge in [0.1, 0.15) is 11.6 Å². The lowest BCUT2D eigenvalue weighted by molar-refractivity contribution is -0.0501. The Bertz CT molecular complexity index is 527. The number of Topliss-reactive ketones (excluding diaryl/α,β-unsaturated/α-hetero) is 1. The Morgan fingerprint density at radius 1 is 1.39 bits per heavy atom. The number of alkyl halides is 2. The number of ether oxygens (including phenoxy) is 1. The van der Waals surface area contributed by atoms with Crippen LogP contribution in [0.1, 0.15) is 16.2 Å². The zero-order valence-electron chi connectivity index (χ0n) is 9.27. The molecule has 4 nitrogen and oxygen atoms in total. The van der Waals surface area contributed by atoms with Gasteiger partial charge in [-0.3, -0.25) is 4.79 Å². The molecular formula is C12H10F2N2O2. The van der Waals surface area contributed by atoms with E-state index in [2.05, 4.69) is 14.7 Å². The topological polar surface area (TPSA) is 55.0 Å². The van der Waals surface area contributed by atoms with E-state index in [1.807, 2.05) is 0 Å². The maximum absolute atomic E-state index is 12.2. The fourth-order valence-corrected chi connectivity index (χ4v) is 1.54. The molecule has 0 amide bonds. The largest absolute Gasteiger partial charge is 0.434 e. The number of aromatic nitrogens is 2. The molecule has 1 heterocycles. The second-order valence-electron chi connectivity index (χ2n) is 3.51. The molecule has 0 fully saturated rings. The van der Waals surface area contributed by atoms with Crippen LogP contribution in [0.25, 0.3) is 0 Å². The van der Waals surface area contributed by atoms with E-state index in [-0.39, 0.29) is 23.5 Å². The smallest absolute Gasteiger partial charge is 0.387 e. The number of imidazole rings is 1. The highest BCUT2D eigenvalue weighted by Crippen LogP contribution is 2.21. The minimum Gasteiger partial charge on any atom is -0.434 e. The third-order valence-electron chi connectivity index (χ3n) is 2.29. The maximum atomic E-state index is 12.2. The van der Waals surface area contributed by atoms with Crippen LogP contribution in [0.2, 0.25) is 0 Å². The van der Waals surface area contributed by atoms with E-state index in [0.717, 1.165) is 0 Å². The molecule has 6 heteroatoms. The number of benzene rings is 1. The first kappa shape index (κ1) is 12.2. The minimum absolute atomic E-state index is 0.0105. The fourth-order valence-electron chi connectivity index (χ4n) is 1.54. The number of carbonyl (C=O) groups is 1. The number of H-pyrrole nitrogens is 1. The SMILES string of the molecule is O=C(Cc1ncc[nH]1)c1ccccc1OC(F)F. The molecule has 0 atom stereocenters. The second kappa shape index (κ2) is 5.39. The Labute approximate surface area is 102 Å². The van der Waals surface area contributed by atoms with Gasteiger partial charge in [-0.15, -0.1) is 0 Å². The standard InChI is InChI=1S/C12H10F2N2O2/c13-12(14)18-10-4-2-1-3-8(10)9(17)7-11-15-5-6-16-11/h1-6,12H,7H2,(H,15,16). The van der Waals surface area contributed by atoms with Gasteiger partial charge in [0.15, 0.2) is 5.78 Å². The third-order valence-corrected chi connectivity index (χ3v) is 2.29. The molecule has 0 bridgehead atoms. The molecule has 2 aromatic rings. The van der Waals surface area contributed by atoms with Crippen molar-refractivity contribution in [2.45, 2.75) is 13.0 Å². The second-order valence-corrected chi connectivity index (χ2v) is 3.51. The zero-order chi connectivity index (χ0) is 13.0. The predicted molar refractivity (Wildman–Crippen MR) is 59.7 cm³/mol. The van der Waals surface area contributed by atoms with E-state index >= 15 is 0 Å². The summed E-state index contributed by atoms with van der Waals surface area (Å²) in [5.41, 5.74) is 0.120. The average molecular weight is 252 g/mol. The van der Waals surface area contributed by atoms with Gasteiger partial charge in [-0.05, 0) is 12.1 Å². The van der Waals surface area contributed by atoms with Gasteiger partial charge in [-0.1, -0.05) is 12.1 Å². The van der Waals surface area contributed by atoms with Crippen molar-refractivity contribution in [3.05, 3.63) is 48.0 Å². The van der Waals surface area contributed by atoms with Crippen LogP contribution in [0, 0.1) is 0 Å². The quantitative estimate of drug-likeness (QED) is 0.831. The Kier molecular flexibility index (Phi) is 3.66. The molecule has 1 aromatic carbocycles. The van der Waals surface area contributed by atoms with Crippen molar-refractivity contribution in [3.8, 4) is 5.75 Å². The molecule has 1 N–H and O–H groups in total. The predicted octanol–water partition coefficient (Wildman–Crippen LogP) is 2.44. The number of halogens is 2. The van der Waals surface area contributed by atoms with Crippen molar-refractivity contribution < 1.29 is 18.3 Å². The van der Waals surface area contributed by atoms with Gasteiger partial charge in [0.05, 0.1) is 12.0 Å². The molecular weight excluding hydrogens is 242 g/mol. The van der Waals surface area contributed by atoms with Crippen molar-refractivity contribution >= 4 is 5.78 Å². The van der Waals surface area contributed by atoms with Crippen molar-refractivity contribution in [1.82, 2.24) is 9.97 Å².